The van der Waals surface area contributed by atoms with Crippen molar-refractivity contribution in [3.63, 3.8) is 0 Å². The number of amides is 2. The third kappa shape index (κ3) is 4.72. The topological polar surface area (TPSA) is 61.4 Å². The third-order valence-electron chi connectivity index (χ3n) is 4.54. The van der Waals surface area contributed by atoms with E-state index in [0.717, 1.165) is 35.4 Å². The van der Waals surface area contributed by atoms with E-state index in [1.807, 2.05) is 12.1 Å². The second-order valence-corrected chi connectivity index (χ2v) is 9.04. The summed E-state index contributed by atoms with van der Waals surface area (Å²) >= 11 is 4.68. The van der Waals surface area contributed by atoms with Gasteiger partial charge in [-0.2, -0.15) is 0 Å². The normalized spacial score (nSPS) is 15.7. The average molecular weight is 436 g/mol. The summed E-state index contributed by atoms with van der Waals surface area (Å²) in [7, 11) is 2.13. The number of hydrogen-bond donors (Lipinski definition) is 2. The van der Waals surface area contributed by atoms with Crippen molar-refractivity contribution in [2.45, 2.75) is 25.8 Å². The van der Waals surface area contributed by atoms with Crippen molar-refractivity contribution in [3.05, 3.63) is 50.1 Å². The SMILES string of the molecule is CC(NC(=O)c1ccc(Br)s1)C(=O)Nc1ccc2c(c1)CCN(C)CC2. The van der Waals surface area contributed by atoms with Crippen LogP contribution < -0.4 is 10.6 Å². The molecule has 1 unspecified atom stereocenters. The van der Waals surface area contributed by atoms with Crippen LogP contribution in [0.2, 0.25) is 0 Å². The van der Waals surface area contributed by atoms with Crippen molar-refractivity contribution >= 4 is 44.8 Å². The van der Waals surface area contributed by atoms with Crippen LogP contribution >= 0.6 is 27.3 Å². The molecule has 0 fully saturated rings. The summed E-state index contributed by atoms with van der Waals surface area (Å²) in [5.41, 5.74) is 3.41. The Hall–Kier alpha value is -1.70. The zero-order chi connectivity index (χ0) is 18.7. The Balaban J connectivity index is 1.61. The molecule has 2 N–H and O–H groups in total. The summed E-state index contributed by atoms with van der Waals surface area (Å²) in [4.78, 5) is 27.5. The number of carbonyl (C=O) groups is 2. The molecule has 1 atom stereocenters. The Kier molecular flexibility index (Phi) is 6.11. The Morgan fingerprint density at radius 1 is 1.15 bits per heavy atom. The molecule has 2 aromatic rings. The number of benzene rings is 1. The summed E-state index contributed by atoms with van der Waals surface area (Å²) in [6.45, 7) is 3.77. The summed E-state index contributed by atoms with van der Waals surface area (Å²) in [6.07, 6.45) is 2.01. The molecule has 138 valence electrons. The van der Waals surface area contributed by atoms with Crippen LogP contribution in [0.4, 0.5) is 5.69 Å². The molecule has 0 spiro atoms. The highest BCUT2D eigenvalue weighted by Gasteiger charge is 2.19. The van der Waals surface area contributed by atoms with E-state index in [1.165, 1.54) is 22.5 Å². The van der Waals surface area contributed by atoms with Crippen molar-refractivity contribution in [2.24, 2.45) is 0 Å². The largest absolute Gasteiger partial charge is 0.340 e. The van der Waals surface area contributed by atoms with Crippen LogP contribution in [0, 0.1) is 0 Å². The average Bonchev–Trinajstić information content (AvgIpc) is 2.96. The highest BCUT2D eigenvalue weighted by atomic mass is 79.9. The number of carbonyl (C=O) groups excluding carboxylic acids is 2. The number of halogens is 1. The van der Waals surface area contributed by atoms with Gasteiger partial charge in [-0.05, 0) is 78.1 Å². The summed E-state index contributed by atoms with van der Waals surface area (Å²) in [5.74, 6) is -0.465. The van der Waals surface area contributed by atoms with Gasteiger partial charge in [-0.1, -0.05) is 6.07 Å². The number of rotatable bonds is 4. The number of nitrogens with zero attached hydrogens (tertiary/aromatic N) is 1. The molecule has 26 heavy (non-hydrogen) atoms. The second-order valence-electron chi connectivity index (χ2n) is 6.57. The van der Waals surface area contributed by atoms with Crippen LogP contribution in [0.15, 0.2) is 34.1 Å². The molecule has 3 rings (SSSR count). The second kappa shape index (κ2) is 8.33. The highest BCUT2D eigenvalue weighted by molar-refractivity contribution is 9.11. The van der Waals surface area contributed by atoms with Crippen LogP contribution in [-0.4, -0.2) is 42.9 Å². The van der Waals surface area contributed by atoms with E-state index in [-0.39, 0.29) is 11.8 Å². The number of fused-ring (bicyclic) bond motifs is 1. The molecule has 0 radical (unpaired) electrons. The number of nitrogens with one attached hydrogen (secondary N) is 2. The van der Waals surface area contributed by atoms with Gasteiger partial charge in [0, 0.05) is 18.8 Å². The fraction of sp³-hybridized carbons (Fsp3) is 0.368. The number of anilines is 1. The minimum atomic E-state index is -0.617. The number of thiophene rings is 1. The quantitative estimate of drug-likeness (QED) is 0.774. The smallest absolute Gasteiger partial charge is 0.262 e. The number of hydrogen-bond acceptors (Lipinski definition) is 4. The lowest BCUT2D eigenvalue weighted by molar-refractivity contribution is -0.117. The number of likely N-dealkylation sites (N-methyl/N-ethyl adjacent to an activating group) is 1. The van der Waals surface area contributed by atoms with Crippen molar-refractivity contribution in [2.75, 3.05) is 25.5 Å². The lowest BCUT2D eigenvalue weighted by atomic mass is 10.0. The summed E-state index contributed by atoms with van der Waals surface area (Å²) < 4.78 is 0.885. The first-order valence-corrected chi connectivity index (χ1v) is 10.2. The fourth-order valence-corrected chi connectivity index (χ4v) is 4.22. The molecule has 0 saturated heterocycles. The van der Waals surface area contributed by atoms with E-state index >= 15 is 0 Å². The van der Waals surface area contributed by atoms with Crippen LogP contribution in [0.5, 0.6) is 0 Å². The molecule has 0 aliphatic carbocycles. The molecule has 2 heterocycles. The van der Waals surface area contributed by atoms with E-state index in [4.69, 9.17) is 0 Å². The first kappa shape index (κ1) is 19.1. The van der Waals surface area contributed by atoms with Crippen molar-refractivity contribution < 1.29 is 9.59 Å². The molecule has 7 heteroatoms. The van der Waals surface area contributed by atoms with E-state index in [1.54, 1.807) is 13.0 Å². The molecule has 0 saturated carbocycles. The standard InChI is InChI=1S/C19H22BrN3O2S/c1-12(21-19(25)16-5-6-17(20)26-16)18(24)22-15-4-3-13-7-9-23(2)10-8-14(13)11-15/h3-6,11-12H,7-10H2,1-2H3,(H,21,25)(H,22,24). The predicted octanol–water partition coefficient (Wildman–Crippen LogP) is 3.30. The van der Waals surface area contributed by atoms with Gasteiger partial charge in [0.1, 0.15) is 6.04 Å². The molecule has 1 aliphatic rings. The highest BCUT2D eigenvalue weighted by Crippen LogP contribution is 2.22. The van der Waals surface area contributed by atoms with Gasteiger partial charge >= 0.3 is 0 Å². The fourth-order valence-electron chi connectivity index (χ4n) is 2.93. The molecular formula is C19H22BrN3O2S. The van der Waals surface area contributed by atoms with Crippen LogP contribution in [0.1, 0.15) is 27.7 Å². The van der Waals surface area contributed by atoms with Gasteiger partial charge in [0.05, 0.1) is 8.66 Å². The molecule has 1 aromatic heterocycles. The molecule has 0 bridgehead atoms. The molecule has 5 nitrogen and oxygen atoms in total. The van der Waals surface area contributed by atoms with Crippen LogP contribution in [0.3, 0.4) is 0 Å². The van der Waals surface area contributed by atoms with E-state index in [0.29, 0.717) is 4.88 Å². The van der Waals surface area contributed by atoms with Crippen molar-refractivity contribution in [1.82, 2.24) is 10.2 Å². The first-order valence-electron chi connectivity index (χ1n) is 8.60. The van der Waals surface area contributed by atoms with Gasteiger partial charge in [-0.25, -0.2) is 0 Å². The molecule has 1 aromatic carbocycles. The monoisotopic (exact) mass is 435 g/mol. The maximum absolute atomic E-state index is 12.4. The zero-order valence-electron chi connectivity index (χ0n) is 14.8. The lowest BCUT2D eigenvalue weighted by Crippen LogP contribution is -2.41. The van der Waals surface area contributed by atoms with Crippen LogP contribution in [0.25, 0.3) is 0 Å². The minimum Gasteiger partial charge on any atom is -0.340 e. The molecule has 1 aliphatic heterocycles. The van der Waals surface area contributed by atoms with Gasteiger partial charge in [0.25, 0.3) is 5.91 Å². The molecule has 2 amide bonds. The zero-order valence-corrected chi connectivity index (χ0v) is 17.2. The predicted molar refractivity (Wildman–Crippen MR) is 109 cm³/mol. The maximum atomic E-state index is 12.4. The Morgan fingerprint density at radius 2 is 1.88 bits per heavy atom. The molecular weight excluding hydrogens is 414 g/mol. The van der Waals surface area contributed by atoms with Gasteiger partial charge in [0.15, 0.2) is 0 Å². The van der Waals surface area contributed by atoms with Gasteiger partial charge in [-0.3, -0.25) is 9.59 Å². The van der Waals surface area contributed by atoms with Crippen molar-refractivity contribution in [1.29, 1.82) is 0 Å². The van der Waals surface area contributed by atoms with Gasteiger partial charge in [-0.15, -0.1) is 11.3 Å². The first-order chi connectivity index (χ1) is 12.4. The minimum absolute atomic E-state index is 0.223. The third-order valence-corrected chi connectivity index (χ3v) is 6.16. The summed E-state index contributed by atoms with van der Waals surface area (Å²) in [5, 5.41) is 5.65. The maximum Gasteiger partial charge on any atom is 0.262 e. The van der Waals surface area contributed by atoms with Crippen molar-refractivity contribution in [3.8, 4) is 0 Å². The lowest BCUT2D eigenvalue weighted by Gasteiger charge is -2.15. The van der Waals surface area contributed by atoms with E-state index in [9.17, 15) is 9.59 Å². The Morgan fingerprint density at radius 3 is 2.58 bits per heavy atom. The van der Waals surface area contributed by atoms with Crippen LogP contribution in [-0.2, 0) is 17.6 Å². The Labute approximate surface area is 165 Å². The van der Waals surface area contributed by atoms with Gasteiger partial charge in [0.2, 0.25) is 5.91 Å². The summed E-state index contributed by atoms with van der Waals surface area (Å²) in [6, 6.07) is 9.02. The van der Waals surface area contributed by atoms with E-state index < -0.39 is 6.04 Å². The Bertz CT molecular complexity index is 821. The van der Waals surface area contributed by atoms with Gasteiger partial charge < -0.3 is 15.5 Å². The van der Waals surface area contributed by atoms with E-state index in [2.05, 4.69) is 50.6 Å².